The number of hydrogen-bond acceptors (Lipinski definition) is 5. The van der Waals surface area contributed by atoms with Crippen LogP contribution in [0.15, 0.2) is 88.8 Å². The van der Waals surface area contributed by atoms with Crippen molar-refractivity contribution in [1.29, 1.82) is 0 Å². The SMILES string of the molecule is O=S(=O)(Nc1cccc(NS(=O)(=O)c2cccc3cccnc23)c1)c1cc(C(F)(F)F)cc(C(F)(F)F)c1. The molecule has 0 aliphatic heterocycles. The van der Waals surface area contributed by atoms with Crippen molar-refractivity contribution >= 4 is 42.3 Å². The van der Waals surface area contributed by atoms with Crippen molar-refractivity contribution in [2.75, 3.05) is 9.44 Å². The van der Waals surface area contributed by atoms with Gasteiger partial charge in [-0.15, -0.1) is 0 Å². The van der Waals surface area contributed by atoms with Gasteiger partial charge in [-0.25, -0.2) is 16.8 Å². The molecular formula is C23H15F6N3O4S2. The van der Waals surface area contributed by atoms with Gasteiger partial charge in [-0.2, -0.15) is 26.3 Å². The Labute approximate surface area is 212 Å². The van der Waals surface area contributed by atoms with E-state index in [0.29, 0.717) is 5.39 Å². The van der Waals surface area contributed by atoms with Crippen molar-refractivity contribution < 1.29 is 43.2 Å². The molecule has 2 N–H and O–H groups in total. The summed E-state index contributed by atoms with van der Waals surface area (Å²) in [7, 11) is -9.19. The van der Waals surface area contributed by atoms with Crippen molar-refractivity contribution in [3.63, 3.8) is 0 Å². The second kappa shape index (κ2) is 9.47. The first-order chi connectivity index (χ1) is 17.6. The van der Waals surface area contributed by atoms with E-state index < -0.39 is 48.4 Å². The minimum atomic E-state index is -5.25. The summed E-state index contributed by atoms with van der Waals surface area (Å²) in [5.74, 6) is 0. The van der Waals surface area contributed by atoms with E-state index in [0.717, 1.165) is 12.1 Å². The van der Waals surface area contributed by atoms with Crippen molar-refractivity contribution in [3.05, 3.63) is 90.1 Å². The number of sulfonamides is 2. The highest BCUT2D eigenvalue weighted by molar-refractivity contribution is 7.93. The van der Waals surface area contributed by atoms with Crippen LogP contribution in [-0.2, 0) is 32.4 Å². The Hall–Kier alpha value is -3.85. The molecule has 1 aromatic heterocycles. The van der Waals surface area contributed by atoms with Gasteiger partial charge >= 0.3 is 12.4 Å². The molecule has 7 nitrogen and oxygen atoms in total. The molecule has 0 saturated carbocycles. The molecule has 0 unspecified atom stereocenters. The van der Waals surface area contributed by atoms with Crippen LogP contribution in [-0.4, -0.2) is 21.8 Å². The van der Waals surface area contributed by atoms with Gasteiger partial charge in [0.05, 0.1) is 32.9 Å². The van der Waals surface area contributed by atoms with Gasteiger partial charge in [0.1, 0.15) is 4.90 Å². The van der Waals surface area contributed by atoms with Gasteiger partial charge < -0.3 is 0 Å². The highest BCUT2D eigenvalue weighted by atomic mass is 32.2. The Morgan fingerprint density at radius 3 is 1.74 bits per heavy atom. The molecule has 0 amide bonds. The Morgan fingerprint density at radius 2 is 1.16 bits per heavy atom. The average molecular weight is 576 g/mol. The first-order valence-corrected chi connectivity index (χ1v) is 13.3. The van der Waals surface area contributed by atoms with Gasteiger partial charge in [-0.3, -0.25) is 14.4 Å². The molecule has 0 atom stereocenters. The predicted octanol–water partition coefficient (Wildman–Crippen LogP) is 5.87. The van der Waals surface area contributed by atoms with Crippen LogP contribution in [0.1, 0.15) is 11.1 Å². The molecule has 4 aromatic rings. The lowest BCUT2D eigenvalue weighted by Crippen LogP contribution is -2.18. The molecule has 15 heteroatoms. The van der Waals surface area contributed by atoms with Crippen LogP contribution in [0.25, 0.3) is 10.9 Å². The topological polar surface area (TPSA) is 105 Å². The monoisotopic (exact) mass is 575 g/mol. The maximum atomic E-state index is 13.1. The lowest BCUT2D eigenvalue weighted by Gasteiger charge is -2.15. The summed E-state index contributed by atoms with van der Waals surface area (Å²) in [5.41, 5.74) is -3.91. The van der Waals surface area contributed by atoms with Gasteiger partial charge in [0.2, 0.25) is 0 Å². The normalized spacial score (nSPS) is 12.9. The summed E-state index contributed by atoms with van der Waals surface area (Å²) in [6.45, 7) is 0. The molecule has 0 radical (unpaired) electrons. The first-order valence-electron chi connectivity index (χ1n) is 10.4. The fourth-order valence-electron chi connectivity index (χ4n) is 3.44. The van der Waals surface area contributed by atoms with E-state index in [1.54, 1.807) is 18.2 Å². The number of alkyl halides is 6. The third-order valence-electron chi connectivity index (χ3n) is 5.12. The number of aromatic nitrogens is 1. The number of fused-ring (bicyclic) bond motifs is 1. The summed E-state index contributed by atoms with van der Waals surface area (Å²) in [4.78, 5) is 2.61. The van der Waals surface area contributed by atoms with Crippen LogP contribution < -0.4 is 9.44 Å². The Bertz CT molecular complexity index is 1700. The number of nitrogens with zero attached hydrogens (tertiary/aromatic N) is 1. The van der Waals surface area contributed by atoms with Crippen LogP contribution in [0.2, 0.25) is 0 Å². The lowest BCUT2D eigenvalue weighted by atomic mass is 10.1. The number of rotatable bonds is 6. The maximum absolute atomic E-state index is 13.1. The summed E-state index contributed by atoms with van der Waals surface area (Å²) in [5, 5.41) is 0.538. The molecule has 0 spiro atoms. The molecule has 3 aromatic carbocycles. The molecule has 0 aliphatic rings. The maximum Gasteiger partial charge on any atom is 0.416 e. The van der Waals surface area contributed by atoms with Crippen molar-refractivity contribution in [2.24, 2.45) is 0 Å². The molecule has 200 valence electrons. The highest BCUT2D eigenvalue weighted by Crippen LogP contribution is 2.37. The van der Waals surface area contributed by atoms with Gasteiger partial charge in [0.25, 0.3) is 20.0 Å². The lowest BCUT2D eigenvalue weighted by molar-refractivity contribution is -0.143. The Balaban J connectivity index is 1.66. The summed E-state index contributed by atoms with van der Waals surface area (Å²) in [6, 6.07) is 12.3. The van der Waals surface area contributed by atoms with Crippen LogP contribution in [0.3, 0.4) is 0 Å². The number of anilines is 2. The number of pyridine rings is 1. The zero-order valence-corrected chi connectivity index (χ0v) is 20.3. The van der Waals surface area contributed by atoms with Gasteiger partial charge in [-0.1, -0.05) is 24.3 Å². The number of benzene rings is 3. The molecule has 1 heterocycles. The van der Waals surface area contributed by atoms with Crippen LogP contribution in [0.4, 0.5) is 37.7 Å². The first kappa shape index (κ1) is 27.2. The van der Waals surface area contributed by atoms with Crippen LogP contribution in [0.5, 0.6) is 0 Å². The van der Waals surface area contributed by atoms with E-state index in [4.69, 9.17) is 0 Å². The highest BCUT2D eigenvalue weighted by Gasteiger charge is 2.38. The van der Waals surface area contributed by atoms with Crippen LogP contribution >= 0.6 is 0 Å². The zero-order chi connectivity index (χ0) is 27.9. The zero-order valence-electron chi connectivity index (χ0n) is 18.7. The smallest absolute Gasteiger partial charge is 0.280 e. The quantitative estimate of drug-likeness (QED) is 0.280. The van der Waals surface area contributed by atoms with Gasteiger partial charge in [0, 0.05) is 11.6 Å². The molecular weight excluding hydrogens is 560 g/mol. The number of para-hydroxylation sites is 1. The molecule has 0 fully saturated rings. The minimum absolute atomic E-state index is 0.0671. The molecule has 0 bridgehead atoms. The van der Waals surface area contributed by atoms with E-state index in [-0.39, 0.29) is 40.0 Å². The number of halogens is 6. The molecule has 4 rings (SSSR count). The molecule has 0 saturated heterocycles. The Kier molecular flexibility index (Phi) is 6.78. The van der Waals surface area contributed by atoms with Crippen molar-refractivity contribution in [2.45, 2.75) is 22.1 Å². The standard InChI is InChI=1S/C23H15F6N3O4S2/c24-22(25,26)15-10-16(23(27,28)29)12-19(11-15)37(33,34)31-17-6-2-7-18(13-17)32-38(35,36)20-8-1-4-14-5-3-9-30-21(14)20/h1-13,31-32H. The van der Waals surface area contributed by atoms with E-state index in [1.807, 2.05) is 4.72 Å². The average Bonchev–Trinajstić information content (AvgIpc) is 2.82. The second-order valence-electron chi connectivity index (χ2n) is 7.86. The number of hydrogen-bond donors (Lipinski definition) is 2. The summed E-state index contributed by atoms with van der Waals surface area (Å²) >= 11 is 0. The Morgan fingerprint density at radius 1 is 0.632 bits per heavy atom. The fraction of sp³-hybridized carbons (Fsp3) is 0.0870. The third kappa shape index (κ3) is 5.83. The van der Waals surface area contributed by atoms with E-state index in [9.17, 15) is 43.2 Å². The van der Waals surface area contributed by atoms with Crippen molar-refractivity contribution in [3.8, 4) is 0 Å². The van der Waals surface area contributed by atoms with Crippen LogP contribution in [0, 0.1) is 0 Å². The van der Waals surface area contributed by atoms with Crippen molar-refractivity contribution in [1.82, 2.24) is 4.98 Å². The van der Waals surface area contributed by atoms with E-state index in [2.05, 4.69) is 9.71 Å². The molecule has 0 aliphatic carbocycles. The minimum Gasteiger partial charge on any atom is -0.280 e. The molecule has 38 heavy (non-hydrogen) atoms. The summed E-state index contributed by atoms with van der Waals surface area (Å²) < 4.78 is 134. The van der Waals surface area contributed by atoms with E-state index >= 15 is 0 Å². The summed E-state index contributed by atoms with van der Waals surface area (Å²) in [6.07, 6.45) is -9.10. The van der Waals surface area contributed by atoms with Gasteiger partial charge in [0.15, 0.2) is 0 Å². The van der Waals surface area contributed by atoms with E-state index in [1.165, 1.54) is 30.5 Å². The predicted molar refractivity (Wildman–Crippen MR) is 126 cm³/mol. The number of nitrogens with one attached hydrogen (secondary N) is 2. The largest absolute Gasteiger partial charge is 0.416 e. The van der Waals surface area contributed by atoms with Gasteiger partial charge in [-0.05, 0) is 48.5 Å². The second-order valence-corrected chi connectivity index (χ2v) is 11.2. The third-order valence-corrected chi connectivity index (χ3v) is 7.90. The fourth-order valence-corrected chi connectivity index (χ4v) is 5.79.